The monoisotopic (exact) mass is 126 g/mol. The second-order valence-corrected chi connectivity index (χ2v) is 1.39. The first-order chi connectivity index (χ1) is 4.22. The third-order valence-electron chi connectivity index (χ3n) is 0.713. The molecule has 0 saturated carbocycles. The van der Waals surface area contributed by atoms with Crippen LogP contribution in [0.2, 0.25) is 0 Å². The second kappa shape index (κ2) is 3.78. The van der Waals surface area contributed by atoms with Gasteiger partial charge in [-0.3, -0.25) is 4.79 Å². The lowest BCUT2D eigenvalue weighted by atomic mass is 10.3. The molecule has 9 heavy (non-hydrogen) atoms. The Bertz CT molecular complexity index is 168. The van der Waals surface area contributed by atoms with Crippen molar-refractivity contribution in [3.63, 3.8) is 0 Å². The lowest BCUT2D eigenvalue weighted by Gasteiger charge is -1.86. The summed E-state index contributed by atoms with van der Waals surface area (Å²) in [5.41, 5.74) is -0.157. The molecule has 0 aliphatic heterocycles. The van der Waals surface area contributed by atoms with E-state index in [0.29, 0.717) is 6.29 Å². The summed E-state index contributed by atoms with van der Waals surface area (Å²) in [6, 6.07) is 0. The van der Waals surface area contributed by atoms with E-state index in [9.17, 15) is 9.18 Å². The van der Waals surface area contributed by atoms with Crippen molar-refractivity contribution in [2.75, 3.05) is 0 Å². The molecular formula is C7H7FO. The van der Waals surface area contributed by atoms with Crippen LogP contribution in [0.25, 0.3) is 0 Å². The summed E-state index contributed by atoms with van der Waals surface area (Å²) in [6.07, 6.45) is 2.69. The molecule has 0 atom stereocenters. The van der Waals surface area contributed by atoms with Crippen LogP contribution in [0.3, 0.4) is 0 Å². The van der Waals surface area contributed by atoms with Gasteiger partial charge in [-0.05, 0) is 6.08 Å². The van der Waals surface area contributed by atoms with Gasteiger partial charge in [0.1, 0.15) is 5.83 Å². The fourth-order valence-corrected chi connectivity index (χ4v) is 0.267. The summed E-state index contributed by atoms with van der Waals surface area (Å²) in [5.74, 6) is -0.639. The summed E-state index contributed by atoms with van der Waals surface area (Å²) >= 11 is 0. The molecule has 0 unspecified atom stereocenters. The molecule has 0 saturated heterocycles. The highest BCUT2D eigenvalue weighted by molar-refractivity contribution is 5.77. The molecule has 0 spiro atoms. The van der Waals surface area contributed by atoms with E-state index in [0.717, 1.165) is 6.08 Å². The number of aldehydes is 1. The zero-order valence-electron chi connectivity index (χ0n) is 4.93. The van der Waals surface area contributed by atoms with Gasteiger partial charge in [0.05, 0.1) is 0 Å². The van der Waals surface area contributed by atoms with Gasteiger partial charge < -0.3 is 0 Å². The minimum absolute atomic E-state index is 0.157. The Balaban J connectivity index is 4.18. The summed E-state index contributed by atoms with van der Waals surface area (Å²) in [4.78, 5) is 9.81. The van der Waals surface area contributed by atoms with E-state index in [2.05, 4.69) is 13.2 Å². The number of carbonyl (C=O) groups is 1. The average molecular weight is 126 g/mol. The third kappa shape index (κ3) is 2.59. The molecule has 0 N–H and O–H groups in total. The van der Waals surface area contributed by atoms with Crippen molar-refractivity contribution in [3.8, 4) is 0 Å². The van der Waals surface area contributed by atoms with Gasteiger partial charge >= 0.3 is 0 Å². The second-order valence-electron chi connectivity index (χ2n) is 1.39. The highest BCUT2D eigenvalue weighted by Crippen LogP contribution is 2.04. The maximum Gasteiger partial charge on any atom is 0.152 e. The Morgan fingerprint density at radius 3 is 2.44 bits per heavy atom. The van der Waals surface area contributed by atoms with Crippen molar-refractivity contribution >= 4 is 6.29 Å². The van der Waals surface area contributed by atoms with E-state index in [1.807, 2.05) is 0 Å². The Morgan fingerprint density at radius 1 is 1.56 bits per heavy atom. The lowest BCUT2D eigenvalue weighted by Crippen LogP contribution is -1.80. The van der Waals surface area contributed by atoms with E-state index in [1.165, 1.54) is 6.08 Å². The van der Waals surface area contributed by atoms with Gasteiger partial charge in [-0.1, -0.05) is 19.2 Å². The van der Waals surface area contributed by atoms with Gasteiger partial charge in [0.15, 0.2) is 6.29 Å². The zero-order valence-corrected chi connectivity index (χ0v) is 4.93. The molecule has 0 aromatic carbocycles. The molecule has 2 heteroatoms. The first-order valence-corrected chi connectivity index (χ1v) is 2.35. The van der Waals surface area contributed by atoms with Gasteiger partial charge in [-0.25, -0.2) is 4.39 Å². The van der Waals surface area contributed by atoms with Crippen molar-refractivity contribution in [2.24, 2.45) is 0 Å². The Kier molecular flexibility index (Phi) is 3.28. The molecule has 0 amide bonds. The van der Waals surface area contributed by atoms with Gasteiger partial charge in [0, 0.05) is 5.57 Å². The first-order valence-electron chi connectivity index (χ1n) is 2.35. The molecule has 0 aliphatic carbocycles. The first kappa shape index (κ1) is 7.82. The molecule has 0 fully saturated rings. The van der Waals surface area contributed by atoms with Gasteiger partial charge in [-0.2, -0.15) is 0 Å². The summed E-state index contributed by atoms with van der Waals surface area (Å²) in [6.45, 7) is 6.38. The molecule has 0 rings (SSSR count). The number of hydrogen-bond donors (Lipinski definition) is 0. The predicted molar refractivity (Wildman–Crippen MR) is 34.6 cm³/mol. The van der Waals surface area contributed by atoms with Crippen LogP contribution in [0, 0.1) is 0 Å². The lowest BCUT2D eigenvalue weighted by molar-refractivity contribution is -0.104. The minimum atomic E-state index is -0.639. The van der Waals surface area contributed by atoms with Crippen molar-refractivity contribution in [1.29, 1.82) is 0 Å². The van der Waals surface area contributed by atoms with Gasteiger partial charge in [0.2, 0.25) is 0 Å². The van der Waals surface area contributed by atoms with Crippen molar-refractivity contribution in [1.82, 2.24) is 0 Å². The largest absolute Gasteiger partial charge is 0.298 e. The van der Waals surface area contributed by atoms with E-state index in [1.54, 1.807) is 0 Å². The van der Waals surface area contributed by atoms with Crippen LogP contribution < -0.4 is 0 Å². The third-order valence-corrected chi connectivity index (χ3v) is 0.713. The highest BCUT2D eigenvalue weighted by atomic mass is 19.1. The SMILES string of the molecule is C=C/C=C(/F)C(=C)C=O. The minimum Gasteiger partial charge on any atom is -0.298 e. The van der Waals surface area contributed by atoms with Crippen LogP contribution in [-0.2, 0) is 4.79 Å². The number of carbonyl (C=O) groups excluding carboxylic acids is 1. The quantitative estimate of drug-likeness (QED) is 0.320. The van der Waals surface area contributed by atoms with E-state index in [4.69, 9.17) is 0 Å². The maximum atomic E-state index is 12.3. The maximum absolute atomic E-state index is 12.3. The number of halogens is 1. The van der Waals surface area contributed by atoms with Gasteiger partial charge in [0.25, 0.3) is 0 Å². The average Bonchev–Trinajstić information content (AvgIpc) is 1.87. The number of allylic oxidation sites excluding steroid dienone is 4. The molecule has 0 heterocycles. The summed E-state index contributed by atoms with van der Waals surface area (Å²) in [7, 11) is 0. The topological polar surface area (TPSA) is 17.1 Å². The molecule has 0 bridgehead atoms. The van der Waals surface area contributed by atoms with Crippen LogP contribution in [0.1, 0.15) is 0 Å². The van der Waals surface area contributed by atoms with Crippen molar-refractivity contribution in [3.05, 3.63) is 36.7 Å². The standard InChI is InChI=1S/C7H7FO/c1-3-4-7(8)6(2)5-9/h3-5H,1-2H2/b7-4+. The Hall–Kier alpha value is -1.18. The normalized spacial score (nSPS) is 10.6. The van der Waals surface area contributed by atoms with E-state index >= 15 is 0 Å². The molecule has 0 aromatic rings. The molecular weight excluding hydrogens is 119 g/mol. The smallest absolute Gasteiger partial charge is 0.152 e. The fourth-order valence-electron chi connectivity index (χ4n) is 0.267. The zero-order chi connectivity index (χ0) is 7.28. The number of hydrogen-bond acceptors (Lipinski definition) is 1. The fraction of sp³-hybridized carbons (Fsp3) is 0. The molecule has 0 aromatic heterocycles. The predicted octanol–water partition coefficient (Wildman–Crippen LogP) is 1.78. The summed E-state index contributed by atoms with van der Waals surface area (Å²) in [5, 5.41) is 0. The van der Waals surface area contributed by atoms with Crippen LogP contribution >= 0.6 is 0 Å². The van der Waals surface area contributed by atoms with Crippen LogP contribution in [0.4, 0.5) is 4.39 Å². The van der Waals surface area contributed by atoms with Crippen LogP contribution in [0.5, 0.6) is 0 Å². The Labute approximate surface area is 53.2 Å². The molecule has 1 nitrogen and oxygen atoms in total. The Morgan fingerprint density at radius 2 is 2.11 bits per heavy atom. The molecule has 0 aliphatic rings. The van der Waals surface area contributed by atoms with Crippen molar-refractivity contribution in [2.45, 2.75) is 0 Å². The van der Waals surface area contributed by atoms with Crippen LogP contribution in [0.15, 0.2) is 36.7 Å². The van der Waals surface area contributed by atoms with Crippen LogP contribution in [-0.4, -0.2) is 6.29 Å². The van der Waals surface area contributed by atoms with Gasteiger partial charge in [-0.15, -0.1) is 0 Å². The number of rotatable bonds is 3. The highest BCUT2D eigenvalue weighted by Gasteiger charge is 1.95. The molecule has 0 radical (unpaired) electrons. The van der Waals surface area contributed by atoms with E-state index < -0.39 is 5.83 Å². The molecule has 48 valence electrons. The summed E-state index contributed by atoms with van der Waals surface area (Å²) < 4.78 is 12.3. The van der Waals surface area contributed by atoms with Crippen molar-refractivity contribution < 1.29 is 9.18 Å². The van der Waals surface area contributed by atoms with E-state index in [-0.39, 0.29) is 5.57 Å².